The van der Waals surface area contributed by atoms with E-state index >= 15 is 0 Å². The summed E-state index contributed by atoms with van der Waals surface area (Å²) in [5.74, 6) is 0.385. The van der Waals surface area contributed by atoms with Crippen LogP contribution in [0.3, 0.4) is 0 Å². The van der Waals surface area contributed by atoms with Crippen LogP contribution in [0.2, 0.25) is 0 Å². The average Bonchev–Trinajstić information content (AvgIpc) is 2.28. The maximum absolute atomic E-state index is 10.6. The Kier molecular flexibility index (Phi) is 3.20. The molecule has 1 atom stereocenters. The molecule has 0 saturated heterocycles. The lowest BCUT2D eigenvalue weighted by molar-refractivity contribution is -0.108. The number of carbonyl (C=O) groups is 1. The third kappa shape index (κ3) is 2.11. The summed E-state index contributed by atoms with van der Waals surface area (Å²) in [4.78, 5) is 10.6. The zero-order valence-corrected chi connectivity index (χ0v) is 9.33. The Morgan fingerprint density at radius 3 is 2.93 bits per heavy atom. The fourth-order valence-corrected chi connectivity index (χ4v) is 2.54. The maximum atomic E-state index is 10.6. The Morgan fingerprint density at radius 1 is 1.33 bits per heavy atom. The van der Waals surface area contributed by atoms with Crippen molar-refractivity contribution in [3.63, 3.8) is 0 Å². The van der Waals surface area contributed by atoms with Crippen molar-refractivity contribution in [3.05, 3.63) is 34.9 Å². The van der Waals surface area contributed by atoms with Crippen LogP contribution in [0, 0.1) is 0 Å². The van der Waals surface area contributed by atoms with E-state index in [0.29, 0.717) is 12.3 Å². The summed E-state index contributed by atoms with van der Waals surface area (Å²) >= 11 is 0. The summed E-state index contributed by atoms with van der Waals surface area (Å²) < 4.78 is 0. The van der Waals surface area contributed by atoms with E-state index in [9.17, 15) is 4.79 Å². The molecule has 2 rings (SSSR count). The molecule has 1 aromatic rings. The van der Waals surface area contributed by atoms with Gasteiger partial charge in [-0.05, 0) is 48.3 Å². The van der Waals surface area contributed by atoms with Crippen LogP contribution in [0.5, 0.6) is 0 Å². The fraction of sp³-hybridized carbons (Fsp3) is 0.500. The van der Waals surface area contributed by atoms with Crippen LogP contribution in [-0.2, 0) is 17.6 Å². The number of hydrogen-bond donors (Lipinski definition) is 0. The Labute approximate surface area is 91.5 Å². The Hall–Kier alpha value is -1.11. The number of hydrogen-bond acceptors (Lipinski definition) is 1. The van der Waals surface area contributed by atoms with Crippen molar-refractivity contribution in [2.24, 2.45) is 0 Å². The monoisotopic (exact) mass is 202 g/mol. The minimum absolute atomic E-state index is 0.385. The first-order valence-corrected chi connectivity index (χ1v) is 5.87. The predicted molar refractivity (Wildman–Crippen MR) is 62.2 cm³/mol. The normalized spacial score (nSPS) is 16.9. The molecule has 0 bridgehead atoms. The van der Waals surface area contributed by atoms with E-state index in [1.54, 1.807) is 0 Å². The van der Waals surface area contributed by atoms with E-state index in [1.807, 2.05) is 0 Å². The lowest BCUT2D eigenvalue weighted by atomic mass is 9.83. The molecule has 1 unspecified atom stereocenters. The highest BCUT2D eigenvalue weighted by atomic mass is 16.1. The third-order valence-corrected chi connectivity index (χ3v) is 3.41. The van der Waals surface area contributed by atoms with Gasteiger partial charge in [0.2, 0.25) is 0 Å². The lowest BCUT2D eigenvalue weighted by Crippen LogP contribution is -2.08. The average molecular weight is 202 g/mol. The number of carbonyl (C=O) groups excluding carboxylic acids is 1. The number of rotatable bonds is 3. The molecular weight excluding hydrogens is 184 g/mol. The molecule has 0 saturated carbocycles. The largest absolute Gasteiger partial charge is 0.303 e. The van der Waals surface area contributed by atoms with Crippen molar-refractivity contribution in [2.45, 2.75) is 44.9 Å². The second kappa shape index (κ2) is 4.61. The van der Waals surface area contributed by atoms with Gasteiger partial charge in [-0.2, -0.15) is 0 Å². The highest BCUT2D eigenvalue weighted by Gasteiger charge is 2.16. The zero-order chi connectivity index (χ0) is 10.7. The lowest BCUT2D eigenvalue weighted by Gasteiger charge is -2.21. The molecule has 0 radical (unpaired) electrons. The molecule has 15 heavy (non-hydrogen) atoms. The molecule has 0 spiro atoms. The minimum Gasteiger partial charge on any atom is -0.303 e. The van der Waals surface area contributed by atoms with Crippen molar-refractivity contribution >= 4 is 6.29 Å². The topological polar surface area (TPSA) is 17.1 Å². The van der Waals surface area contributed by atoms with Crippen LogP contribution in [0.25, 0.3) is 0 Å². The molecule has 1 aliphatic carbocycles. The molecule has 0 N–H and O–H groups in total. The highest BCUT2D eigenvalue weighted by molar-refractivity contribution is 5.52. The van der Waals surface area contributed by atoms with E-state index in [2.05, 4.69) is 25.1 Å². The molecule has 0 aromatic heterocycles. The third-order valence-electron chi connectivity index (χ3n) is 3.41. The quantitative estimate of drug-likeness (QED) is 0.688. The van der Waals surface area contributed by atoms with Gasteiger partial charge in [-0.1, -0.05) is 25.1 Å². The van der Waals surface area contributed by atoms with E-state index in [1.165, 1.54) is 42.4 Å². The van der Waals surface area contributed by atoms with Crippen LogP contribution in [-0.4, -0.2) is 6.29 Å². The van der Waals surface area contributed by atoms with Gasteiger partial charge in [-0.25, -0.2) is 0 Å². The molecule has 1 heteroatoms. The summed E-state index contributed by atoms with van der Waals surface area (Å²) in [6.45, 7) is 2.15. The SMILES string of the molecule is CC(CC=O)c1cccc2c1CCCC2. The van der Waals surface area contributed by atoms with Crippen LogP contribution < -0.4 is 0 Å². The predicted octanol–water partition coefficient (Wildman–Crippen LogP) is 3.26. The highest BCUT2D eigenvalue weighted by Crippen LogP contribution is 2.30. The van der Waals surface area contributed by atoms with Gasteiger partial charge in [0.05, 0.1) is 0 Å². The molecule has 0 fully saturated rings. The van der Waals surface area contributed by atoms with E-state index in [4.69, 9.17) is 0 Å². The molecule has 1 aliphatic rings. The van der Waals surface area contributed by atoms with E-state index in [-0.39, 0.29) is 0 Å². The number of aryl methyl sites for hydroxylation is 1. The molecule has 80 valence electrons. The standard InChI is InChI=1S/C14H18O/c1-11(9-10-15)13-8-4-6-12-5-2-3-7-14(12)13/h4,6,8,10-11H,2-3,5,7,9H2,1H3. The van der Waals surface area contributed by atoms with Crippen molar-refractivity contribution in [3.8, 4) is 0 Å². The van der Waals surface area contributed by atoms with Crippen molar-refractivity contribution < 1.29 is 4.79 Å². The molecule has 0 amide bonds. The van der Waals surface area contributed by atoms with Gasteiger partial charge < -0.3 is 4.79 Å². The first kappa shape index (κ1) is 10.4. The van der Waals surface area contributed by atoms with E-state index in [0.717, 1.165) is 6.29 Å². The number of benzene rings is 1. The summed E-state index contributed by atoms with van der Waals surface area (Å²) in [5, 5.41) is 0. The van der Waals surface area contributed by atoms with Crippen LogP contribution in [0.1, 0.15) is 48.8 Å². The van der Waals surface area contributed by atoms with Crippen molar-refractivity contribution in [1.82, 2.24) is 0 Å². The fourth-order valence-electron chi connectivity index (χ4n) is 2.54. The van der Waals surface area contributed by atoms with Gasteiger partial charge in [-0.15, -0.1) is 0 Å². The van der Waals surface area contributed by atoms with Gasteiger partial charge in [0.15, 0.2) is 0 Å². The number of aldehydes is 1. The van der Waals surface area contributed by atoms with Gasteiger partial charge in [-0.3, -0.25) is 0 Å². The Balaban J connectivity index is 2.34. The van der Waals surface area contributed by atoms with Gasteiger partial charge in [0.1, 0.15) is 6.29 Å². The van der Waals surface area contributed by atoms with Gasteiger partial charge in [0, 0.05) is 6.42 Å². The van der Waals surface area contributed by atoms with Gasteiger partial charge in [0.25, 0.3) is 0 Å². The summed E-state index contributed by atoms with van der Waals surface area (Å²) in [7, 11) is 0. The molecule has 1 nitrogen and oxygen atoms in total. The smallest absolute Gasteiger partial charge is 0.120 e. The molecule has 1 aromatic carbocycles. The van der Waals surface area contributed by atoms with Crippen molar-refractivity contribution in [2.75, 3.05) is 0 Å². The van der Waals surface area contributed by atoms with Gasteiger partial charge >= 0.3 is 0 Å². The minimum atomic E-state index is 0.385. The Morgan fingerprint density at radius 2 is 2.13 bits per heavy atom. The summed E-state index contributed by atoms with van der Waals surface area (Å²) in [5.41, 5.74) is 4.44. The second-order valence-corrected chi connectivity index (χ2v) is 4.50. The maximum Gasteiger partial charge on any atom is 0.120 e. The Bertz CT molecular complexity index is 354. The molecule has 0 aliphatic heterocycles. The van der Waals surface area contributed by atoms with Crippen LogP contribution in [0.4, 0.5) is 0 Å². The summed E-state index contributed by atoms with van der Waals surface area (Å²) in [6.07, 6.45) is 6.73. The number of fused-ring (bicyclic) bond motifs is 1. The van der Waals surface area contributed by atoms with Crippen LogP contribution in [0.15, 0.2) is 18.2 Å². The van der Waals surface area contributed by atoms with Crippen molar-refractivity contribution in [1.29, 1.82) is 0 Å². The summed E-state index contributed by atoms with van der Waals surface area (Å²) in [6, 6.07) is 6.57. The van der Waals surface area contributed by atoms with Crippen LogP contribution >= 0.6 is 0 Å². The van der Waals surface area contributed by atoms with E-state index < -0.39 is 0 Å². The molecular formula is C14H18O. The first-order chi connectivity index (χ1) is 7.33. The zero-order valence-electron chi connectivity index (χ0n) is 9.33. The second-order valence-electron chi connectivity index (χ2n) is 4.50. The molecule has 0 heterocycles. The first-order valence-electron chi connectivity index (χ1n) is 5.87.